The van der Waals surface area contributed by atoms with Gasteiger partial charge < -0.3 is 0 Å². The van der Waals surface area contributed by atoms with Gasteiger partial charge in [-0.15, -0.1) is 5.10 Å². The lowest BCUT2D eigenvalue weighted by Gasteiger charge is -2.06. The molecule has 31 heavy (non-hydrogen) atoms. The minimum Gasteiger partial charge on any atom is -0.275 e. The second-order valence-electron chi connectivity index (χ2n) is 6.97. The van der Waals surface area contributed by atoms with E-state index in [1.54, 1.807) is 10.9 Å². The SMILES string of the molecule is O=c1n(Cc2cn(Cc3cc4cc(Br)ccc4nc3Cl)nn2)cnn1-c1ccccc1. The molecule has 0 fully saturated rings. The molecular formula is C21H15BrClN7O. The van der Waals surface area contributed by atoms with Gasteiger partial charge >= 0.3 is 5.69 Å². The zero-order valence-electron chi connectivity index (χ0n) is 16.1. The molecule has 0 saturated heterocycles. The molecule has 0 unspecified atom stereocenters. The molecule has 0 N–H and O–H groups in total. The first-order chi connectivity index (χ1) is 15.1. The lowest BCUT2D eigenvalue weighted by molar-refractivity contribution is 0.647. The van der Waals surface area contributed by atoms with Crippen LogP contribution in [0.5, 0.6) is 0 Å². The summed E-state index contributed by atoms with van der Waals surface area (Å²) >= 11 is 9.85. The maximum Gasteiger partial charge on any atom is 0.350 e. The molecule has 0 spiro atoms. The molecule has 0 atom stereocenters. The molecule has 0 amide bonds. The molecule has 0 aliphatic heterocycles. The molecule has 0 saturated carbocycles. The molecule has 3 aromatic heterocycles. The number of aromatic nitrogens is 7. The van der Waals surface area contributed by atoms with E-state index < -0.39 is 0 Å². The van der Waals surface area contributed by atoms with Gasteiger partial charge in [-0.1, -0.05) is 50.9 Å². The first kappa shape index (κ1) is 19.7. The van der Waals surface area contributed by atoms with E-state index in [0.717, 1.165) is 20.9 Å². The topological polar surface area (TPSA) is 83.4 Å². The third-order valence-electron chi connectivity index (χ3n) is 4.79. The third-order valence-corrected chi connectivity index (χ3v) is 5.61. The molecule has 0 bridgehead atoms. The highest BCUT2D eigenvalue weighted by Gasteiger charge is 2.11. The summed E-state index contributed by atoms with van der Waals surface area (Å²) in [5.74, 6) is 0. The molecule has 0 aliphatic rings. The van der Waals surface area contributed by atoms with E-state index >= 15 is 0 Å². The molecule has 10 heteroatoms. The van der Waals surface area contributed by atoms with E-state index in [1.807, 2.05) is 54.6 Å². The number of hydrogen-bond acceptors (Lipinski definition) is 5. The third kappa shape index (κ3) is 4.01. The van der Waals surface area contributed by atoms with Crippen molar-refractivity contribution in [3.8, 4) is 5.69 Å². The molecule has 5 rings (SSSR count). The Bertz CT molecular complexity index is 1440. The van der Waals surface area contributed by atoms with Crippen LogP contribution in [0.3, 0.4) is 0 Å². The van der Waals surface area contributed by atoms with Crippen molar-refractivity contribution in [1.29, 1.82) is 0 Å². The van der Waals surface area contributed by atoms with Crippen molar-refractivity contribution in [1.82, 2.24) is 34.3 Å². The van der Waals surface area contributed by atoms with E-state index in [4.69, 9.17) is 11.6 Å². The molecular weight excluding hydrogens is 482 g/mol. The maximum atomic E-state index is 12.6. The average molecular weight is 497 g/mol. The minimum absolute atomic E-state index is 0.242. The lowest BCUT2D eigenvalue weighted by Crippen LogP contribution is -2.24. The van der Waals surface area contributed by atoms with Gasteiger partial charge in [0.2, 0.25) is 0 Å². The van der Waals surface area contributed by atoms with Crippen LogP contribution >= 0.6 is 27.5 Å². The van der Waals surface area contributed by atoms with Gasteiger partial charge in [0, 0.05) is 15.4 Å². The highest BCUT2D eigenvalue weighted by atomic mass is 79.9. The van der Waals surface area contributed by atoms with Crippen molar-refractivity contribution in [3.63, 3.8) is 0 Å². The number of halogens is 2. The van der Waals surface area contributed by atoms with E-state index in [-0.39, 0.29) is 12.2 Å². The predicted molar refractivity (Wildman–Crippen MR) is 121 cm³/mol. The number of hydrogen-bond donors (Lipinski definition) is 0. The molecule has 2 aromatic carbocycles. The Labute approximate surface area is 189 Å². The van der Waals surface area contributed by atoms with Gasteiger partial charge in [-0.05, 0) is 36.4 Å². The number of fused-ring (bicyclic) bond motifs is 1. The summed E-state index contributed by atoms with van der Waals surface area (Å²) in [5, 5.41) is 13.9. The second kappa shape index (κ2) is 8.09. The Hall–Kier alpha value is -3.30. The van der Waals surface area contributed by atoms with Gasteiger partial charge in [0.1, 0.15) is 17.2 Å². The Balaban J connectivity index is 1.37. The maximum absolute atomic E-state index is 12.6. The van der Waals surface area contributed by atoms with E-state index in [1.165, 1.54) is 15.6 Å². The van der Waals surface area contributed by atoms with Crippen LogP contribution in [0.25, 0.3) is 16.6 Å². The summed E-state index contributed by atoms with van der Waals surface area (Å²) in [5.41, 5.74) is 2.76. The molecule has 3 heterocycles. The molecule has 0 radical (unpaired) electrons. The van der Waals surface area contributed by atoms with E-state index in [0.29, 0.717) is 23.1 Å². The van der Waals surface area contributed by atoms with Crippen molar-refractivity contribution >= 4 is 38.4 Å². The number of benzene rings is 2. The number of nitrogens with zero attached hydrogens (tertiary/aromatic N) is 7. The average Bonchev–Trinajstić information content (AvgIpc) is 3.36. The number of rotatable bonds is 5. The highest BCUT2D eigenvalue weighted by Crippen LogP contribution is 2.24. The first-order valence-corrected chi connectivity index (χ1v) is 10.6. The van der Waals surface area contributed by atoms with Crippen molar-refractivity contribution in [2.45, 2.75) is 13.1 Å². The summed E-state index contributed by atoms with van der Waals surface area (Å²) in [6.07, 6.45) is 3.28. The molecule has 5 aromatic rings. The van der Waals surface area contributed by atoms with Gasteiger partial charge in [0.15, 0.2) is 0 Å². The quantitative estimate of drug-likeness (QED) is 0.347. The van der Waals surface area contributed by atoms with Crippen LogP contribution in [0.1, 0.15) is 11.3 Å². The summed E-state index contributed by atoms with van der Waals surface area (Å²) < 4.78 is 5.49. The summed E-state index contributed by atoms with van der Waals surface area (Å²) in [7, 11) is 0. The molecule has 0 aliphatic carbocycles. The minimum atomic E-state index is -0.242. The summed E-state index contributed by atoms with van der Waals surface area (Å²) in [4.78, 5) is 17.1. The smallest absolute Gasteiger partial charge is 0.275 e. The second-order valence-corrected chi connectivity index (χ2v) is 8.25. The van der Waals surface area contributed by atoms with Gasteiger partial charge in [-0.3, -0.25) is 4.57 Å². The number of pyridine rings is 1. The highest BCUT2D eigenvalue weighted by molar-refractivity contribution is 9.10. The standard InChI is InChI=1S/C21H15BrClN7O/c22-16-6-7-19-14(9-16)8-15(20(23)25-19)10-29-12-17(26-27-29)11-28-13-24-30(21(28)31)18-4-2-1-3-5-18/h1-9,12-13H,10-11H2. The van der Waals surface area contributed by atoms with Crippen molar-refractivity contribution in [2.75, 3.05) is 0 Å². The van der Waals surface area contributed by atoms with Crippen LogP contribution in [0, 0.1) is 0 Å². The van der Waals surface area contributed by atoms with Gasteiger partial charge in [0.25, 0.3) is 0 Å². The van der Waals surface area contributed by atoms with E-state index in [9.17, 15) is 4.79 Å². The van der Waals surface area contributed by atoms with Gasteiger partial charge in [-0.2, -0.15) is 9.78 Å². The summed E-state index contributed by atoms with van der Waals surface area (Å²) in [6.45, 7) is 0.682. The fourth-order valence-electron chi connectivity index (χ4n) is 3.30. The van der Waals surface area contributed by atoms with Crippen LogP contribution in [-0.4, -0.2) is 34.3 Å². The van der Waals surface area contributed by atoms with Crippen molar-refractivity contribution in [2.24, 2.45) is 0 Å². The van der Waals surface area contributed by atoms with Crippen molar-refractivity contribution in [3.05, 3.63) is 98.5 Å². The van der Waals surface area contributed by atoms with E-state index in [2.05, 4.69) is 36.3 Å². The molecule has 154 valence electrons. The Kier molecular flexibility index (Phi) is 5.13. The monoisotopic (exact) mass is 495 g/mol. The summed E-state index contributed by atoms with van der Waals surface area (Å²) in [6, 6.07) is 17.1. The van der Waals surface area contributed by atoms with Crippen LogP contribution in [0.4, 0.5) is 0 Å². The lowest BCUT2D eigenvalue weighted by atomic mass is 10.1. The Morgan fingerprint density at radius 2 is 1.87 bits per heavy atom. The zero-order chi connectivity index (χ0) is 21.4. The van der Waals surface area contributed by atoms with Crippen LogP contribution in [-0.2, 0) is 13.1 Å². The Morgan fingerprint density at radius 3 is 2.71 bits per heavy atom. The van der Waals surface area contributed by atoms with Crippen LogP contribution < -0.4 is 5.69 Å². The first-order valence-electron chi connectivity index (χ1n) is 9.40. The largest absolute Gasteiger partial charge is 0.350 e. The predicted octanol–water partition coefficient (Wildman–Crippen LogP) is 3.69. The fourth-order valence-corrected chi connectivity index (χ4v) is 3.89. The molecule has 8 nitrogen and oxygen atoms in total. The van der Waals surface area contributed by atoms with Crippen LogP contribution in [0.15, 0.2) is 76.4 Å². The normalized spacial score (nSPS) is 11.3. The van der Waals surface area contributed by atoms with Gasteiger partial charge in [-0.25, -0.2) is 14.5 Å². The zero-order valence-corrected chi connectivity index (χ0v) is 18.4. The number of para-hydroxylation sites is 1. The van der Waals surface area contributed by atoms with Crippen LogP contribution in [0.2, 0.25) is 5.15 Å². The van der Waals surface area contributed by atoms with Gasteiger partial charge in [0.05, 0.1) is 30.5 Å². The van der Waals surface area contributed by atoms with Crippen molar-refractivity contribution < 1.29 is 0 Å². The Morgan fingerprint density at radius 1 is 1.03 bits per heavy atom. The fraction of sp³-hybridized carbons (Fsp3) is 0.0952.